The van der Waals surface area contributed by atoms with Crippen molar-refractivity contribution in [2.24, 2.45) is 0 Å². The van der Waals surface area contributed by atoms with E-state index in [0.29, 0.717) is 6.42 Å². The van der Waals surface area contributed by atoms with Gasteiger partial charge in [-0.25, -0.2) is 0 Å². The average molecular weight is 205 g/mol. The SMILES string of the molecule is C#CCC(NC)c1cc(CC)nn1CC. The van der Waals surface area contributed by atoms with Crippen molar-refractivity contribution in [2.45, 2.75) is 39.3 Å². The molecular formula is C12H19N3. The van der Waals surface area contributed by atoms with Crippen LogP contribution in [0.3, 0.4) is 0 Å². The molecule has 1 rings (SSSR count). The first kappa shape index (κ1) is 11.8. The number of rotatable bonds is 5. The van der Waals surface area contributed by atoms with Crippen LogP contribution in [0.15, 0.2) is 6.07 Å². The zero-order valence-corrected chi connectivity index (χ0v) is 9.75. The molecule has 1 unspecified atom stereocenters. The van der Waals surface area contributed by atoms with Crippen molar-refractivity contribution in [3.63, 3.8) is 0 Å². The Morgan fingerprint density at radius 1 is 1.60 bits per heavy atom. The Labute approximate surface area is 91.9 Å². The standard InChI is InChI=1S/C12H19N3/c1-5-8-11(13-4)12-9-10(6-2)14-15(12)7-3/h1,9,11,13H,6-8H2,2-4H3. The first-order valence-electron chi connectivity index (χ1n) is 5.44. The van der Waals surface area contributed by atoms with Crippen LogP contribution in [-0.4, -0.2) is 16.8 Å². The van der Waals surface area contributed by atoms with Crippen LogP contribution in [0.4, 0.5) is 0 Å². The Morgan fingerprint density at radius 2 is 2.33 bits per heavy atom. The van der Waals surface area contributed by atoms with Crippen LogP contribution in [0.5, 0.6) is 0 Å². The highest BCUT2D eigenvalue weighted by atomic mass is 15.3. The summed E-state index contributed by atoms with van der Waals surface area (Å²) in [4.78, 5) is 0. The molecule has 1 heterocycles. The maximum atomic E-state index is 5.35. The highest BCUT2D eigenvalue weighted by Gasteiger charge is 2.14. The summed E-state index contributed by atoms with van der Waals surface area (Å²) < 4.78 is 2.03. The van der Waals surface area contributed by atoms with Crippen LogP contribution >= 0.6 is 0 Å². The Balaban J connectivity index is 2.99. The molecule has 0 aliphatic rings. The van der Waals surface area contributed by atoms with Gasteiger partial charge in [0.25, 0.3) is 0 Å². The Morgan fingerprint density at radius 3 is 2.80 bits per heavy atom. The summed E-state index contributed by atoms with van der Waals surface area (Å²) in [6.07, 6.45) is 7.02. The van der Waals surface area contributed by atoms with Gasteiger partial charge in [-0.05, 0) is 26.5 Å². The van der Waals surface area contributed by atoms with Gasteiger partial charge in [-0.1, -0.05) is 6.92 Å². The molecule has 15 heavy (non-hydrogen) atoms. The van der Waals surface area contributed by atoms with Gasteiger partial charge in [-0.15, -0.1) is 12.3 Å². The van der Waals surface area contributed by atoms with Crippen molar-refractivity contribution in [3.05, 3.63) is 17.5 Å². The summed E-state index contributed by atoms with van der Waals surface area (Å²) in [6, 6.07) is 2.35. The molecule has 0 spiro atoms. The molecule has 0 fully saturated rings. The third kappa shape index (κ3) is 2.60. The average Bonchev–Trinajstić information content (AvgIpc) is 2.68. The Bertz CT molecular complexity index is 346. The predicted octanol–water partition coefficient (Wildman–Crippen LogP) is 1.75. The molecule has 3 heteroatoms. The van der Waals surface area contributed by atoms with Crippen molar-refractivity contribution >= 4 is 0 Å². The van der Waals surface area contributed by atoms with Gasteiger partial charge in [-0.3, -0.25) is 4.68 Å². The summed E-state index contributed by atoms with van der Waals surface area (Å²) in [5.41, 5.74) is 2.32. The summed E-state index contributed by atoms with van der Waals surface area (Å²) in [5, 5.41) is 7.73. The smallest absolute Gasteiger partial charge is 0.0625 e. The molecule has 0 radical (unpaired) electrons. The van der Waals surface area contributed by atoms with Crippen molar-refractivity contribution < 1.29 is 0 Å². The molecule has 0 aromatic carbocycles. The van der Waals surface area contributed by atoms with Gasteiger partial charge in [0.2, 0.25) is 0 Å². The van der Waals surface area contributed by atoms with Crippen LogP contribution in [0, 0.1) is 12.3 Å². The summed E-state index contributed by atoms with van der Waals surface area (Å²) in [5.74, 6) is 2.69. The monoisotopic (exact) mass is 205 g/mol. The van der Waals surface area contributed by atoms with E-state index in [0.717, 1.165) is 18.7 Å². The van der Waals surface area contributed by atoms with Gasteiger partial charge in [0.1, 0.15) is 0 Å². The van der Waals surface area contributed by atoms with Crippen molar-refractivity contribution in [1.82, 2.24) is 15.1 Å². The fourth-order valence-electron chi connectivity index (χ4n) is 1.67. The second kappa shape index (κ2) is 5.57. The number of hydrogen-bond acceptors (Lipinski definition) is 2. The summed E-state index contributed by atoms with van der Waals surface area (Å²) >= 11 is 0. The van der Waals surface area contributed by atoms with Crippen LogP contribution in [0.25, 0.3) is 0 Å². The van der Waals surface area contributed by atoms with Crippen LogP contribution in [0.1, 0.15) is 37.7 Å². The Hall–Kier alpha value is -1.27. The molecule has 0 amide bonds. The summed E-state index contributed by atoms with van der Waals surface area (Å²) in [6.45, 7) is 5.10. The van der Waals surface area contributed by atoms with E-state index in [1.54, 1.807) is 0 Å². The van der Waals surface area contributed by atoms with Crippen molar-refractivity contribution in [3.8, 4) is 12.3 Å². The van der Waals surface area contributed by atoms with Crippen LogP contribution < -0.4 is 5.32 Å². The quantitative estimate of drug-likeness (QED) is 0.742. The molecule has 1 aromatic heterocycles. The maximum absolute atomic E-state index is 5.35. The van der Waals surface area contributed by atoms with Gasteiger partial charge in [0.15, 0.2) is 0 Å². The molecule has 0 bridgehead atoms. The maximum Gasteiger partial charge on any atom is 0.0625 e. The third-order valence-corrected chi connectivity index (χ3v) is 2.55. The van der Waals surface area contributed by atoms with Crippen molar-refractivity contribution in [2.75, 3.05) is 7.05 Å². The largest absolute Gasteiger partial charge is 0.311 e. The molecule has 0 aliphatic carbocycles. The van der Waals surface area contributed by atoms with Gasteiger partial charge in [-0.2, -0.15) is 5.10 Å². The molecule has 3 nitrogen and oxygen atoms in total. The van der Waals surface area contributed by atoms with Gasteiger partial charge >= 0.3 is 0 Å². The third-order valence-electron chi connectivity index (χ3n) is 2.55. The molecule has 0 aliphatic heterocycles. The number of hydrogen-bond donors (Lipinski definition) is 1. The van der Waals surface area contributed by atoms with Gasteiger partial charge in [0, 0.05) is 13.0 Å². The van der Waals surface area contributed by atoms with Gasteiger partial charge in [0.05, 0.1) is 17.4 Å². The predicted molar refractivity (Wildman–Crippen MR) is 62.5 cm³/mol. The highest BCUT2D eigenvalue weighted by Crippen LogP contribution is 2.17. The lowest BCUT2D eigenvalue weighted by Crippen LogP contribution is -2.19. The second-order valence-electron chi connectivity index (χ2n) is 3.48. The minimum atomic E-state index is 0.211. The molecule has 0 saturated carbocycles. The number of aromatic nitrogens is 2. The van der Waals surface area contributed by atoms with E-state index in [2.05, 4.69) is 36.2 Å². The number of aryl methyl sites for hydroxylation is 2. The van der Waals surface area contributed by atoms with E-state index < -0.39 is 0 Å². The fourth-order valence-corrected chi connectivity index (χ4v) is 1.67. The topological polar surface area (TPSA) is 29.9 Å². The lowest BCUT2D eigenvalue weighted by Gasteiger charge is -2.14. The van der Waals surface area contributed by atoms with Crippen LogP contribution in [0.2, 0.25) is 0 Å². The van der Waals surface area contributed by atoms with E-state index in [1.165, 1.54) is 5.69 Å². The lowest BCUT2D eigenvalue weighted by molar-refractivity contribution is 0.522. The first-order chi connectivity index (χ1) is 7.26. The highest BCUT2D eigenvalue weighted by molar-refractivity contribution is 5.16. The second-order valence-corrected chi connectivity index (χ2v) is 3.48. The number of nitrogens with one attached hydrogen (secondary N) is 1. The van der Waals surface area contributed by atoms with E-state index in [4.69, 9.17) is 6.42 Å². The first-order valence-corrected chi connectivity index (χ1v) is 5.44. The lowest BCUT2D eigenvalue weighted by atomic mass is 10.1. The van der Waals surface area contributed by atoms with E-state index in [1.807, 2.05) is 11.7 Å². The summed E-state index contributed by atoms with van der Waals surface area (Å²) in [7, 11) is 1.93. The minimum absolute atomic E-state index is 0.211. The minimum Gasteiger partial charge on any atom is -0.311 e. The van der Waals surface area contributed by atoms with Gasteiger partial charge < -0.3 is 5.32 Å². The van der Waals surface area contributed by atoms with E-state index >= 15 is 0 Å². The Kier molecular flexibility index (Phi) is 4.38. The molecule has 82 valence electrons. The zero-order valence-electron chi connectivity index (χ0n) is 9.75. The number of terminal acetylenes is 1. The molecule has 1 aromatic rings. The zero-order chi connectivity index (χ0) is 11.3. The molecule has 1 N–H and O–H groups in total. The molecule has 1 atom stereocenters. The van der Waals surface area contributed by atoms with Crippen molar-refractivity contribution in [1.29, 1.82) is 0 Å². The van der Waals surface area contributed by atoms with E-state index in [9.17, 15) is 0 Å². The number of nitrogens with zero attached hydrogens (tertiary/aromatic N) is 2. The molecule has 0 saturated heterocycles. The van der Waals surface area contributed by atoms with E-state index in [-0.39, 0.29) is 6.04 Å². The van der Waals surface area contributed by atoms with Crippen LogP contribution in [-0.2, 0) is 13.0 Å². The normalized spacial score (nSPS) is 12.4. The fraction of sp³-hybridized carbons (Fsp3) is 0.583. The molecular weight excluding hydrogens is 186 g/mol.